The van der Waals surface area contributed by atoms with Crippen LogP contribution in [0.4, 0.5) is 0 Å². The molecule has 0 fully saturated rings. The van der Waals surface area contributed by atoms with Crippen LogP contribution in [0.2, 0.25) is 0 Å². The first kappa shape index (κ1) is 17.1. The van der Waals surface area contributed by atoms with Gasteiger partial charge in [-0.1, -0.05) is 6.58 Å². The SMILES string of the molecule is C=C(C)C(=O)OCC(O)CS(=O)(=O)[O-].[Li+]. The number of rotatable bonds is 5. The summed E-state index contributed by atoms with van der Waals surface area (Å²) in [7, 11) is -4.51. The van der Waals surface area contributed by atoms with Crippen molar-refractivity contribution in [3.05, 3.63) is 12.2 Å². The molecule has 0 saturated carbocycles. The van der Waals surface area contributed by atoms with Crippen molar-refractivity contribution in [2.24, 2.45) is 0 Å². The fourth-order valence-corrected chi connectivity index (χ4v) is 1.15. The topological polar surface area (TPSA) is 104 Å². The van der Waals surface area contributed by atoms with Gasteiger partial charge < -0.3 is 14.4 Å². The average Bonchev–Trinajstić information content (AvgIpc) is 1.96. The van der Waals surface area contributed by atoms with Crippen molar-refractivity contribution in [1.82, 2.24) is 0 Å². The molecular weight excluding hydrogens is 219 g/mol. The molecule has 0 spiro atoms. The van der Waals surface area contributed by atoms with Gasteiger partial charge in [-0.15, -0.1) is 0 Å². The fourth-order valence-electron chi connectivity index (χ4n) is 0.579. The van der Waals surface area contributed by atoms with E-state index in [0.29, 0.717) is 0 Å². The molecule has 0 saturated heterocycles. The van der Waals surface area contributed by atoms with Crippen molar-refractivity contribution in [3.63, 3.8) is 0 Å². The Labute approximate surface area is 100 Å². The molecule has 0 heterocycles. The molecule has 0 aromatic heterocycles. The fraction of sp³-hybridized carbons (Fsp3) is 0.571. The predicted octanol–water partition coefficient (Wildman–Crippen LogP) is -3.98. The Morgan fingerprint density at radius 2 is 2.07 bits per heavy atom. The van der Waals surface area contributed by atoms with Crippen molar-refractivity contribution < 1.29 is 46.5 Å². The first-order valence-electron chi connectivity index (χ1n) is 3.66. The first-order valence-corrected chi connectivity index (χ1v) is 5.24. The van der Waals surface area contributed by atoms with Crippen LogP contribution in [-0.4, -0.2) is 42.5 Å². The van der Waals surface area contributed by atoms with Crippen molar-refractivity contribution in [2.75, 3.05) is 12.4 Å². The zero-order chi connectivity index (χ0) is 11.4. The summed E-state index contributed by atoms with van der Waals surface area (Å²) in [6.45, 7) is 4.14. The Kier molecular flexibility index (Phi) is 8.01. The second kappa shape index (κ2) is 7.03. The number of ether oxygens (including phenoxy) is 1. The molecular formula is C7H11LiO6S. The van der Waals surface area contributed by atoms with Crippen molar-refractivity contribution in [2.45, 2.75) is 13.0 Å². The minimum atomic E-state index is -4.51. The molecule has 1 unspecified atom stereocenters. The van der Waals surface area contributed by atoms with Crippen molar-refractivity contribution in [1.29, 1.82) is 0 Å². The zero-order valence-electron chi connectivity index (χ0n) is 8.60. The van der Waals surface area contributed by atoms with Gasteiger partial charge in [0.1, 0.15) is 12.7 Å². The molecule has 0 aliphatic carbocycles. The Hall–Kier alpha value is -0.323. The van der Waals surface area contributed by atoms with E-state index in [4.69, 9.17) is 5.11 Å². The molecule has 1 atom stereocenters. The van der Waals surface area contributed by atoms with E-state index in [-0.39, 0.29) is 24.4 Å². The van der Waals surface area contributed by atoms with Crippen LogP contribution in [0.25, 0.3) is 0 Å². The molecule has 0 aromatic carbocycles. The molecule has 0 aliphatic rings. The second-order valence-electron chi connectivity index (χ2n) is 2.76. The van der Waals surface area contributed by atoms with Crippen molar-refractivity contribution in [3.8, 4) is 0 Å². The maximum atomic E-state index is 10.8. The van der Waals surface area contributed by atoms with Crippen LogP contribution < -0.4 is 18.9 Å². The minimum absolute atomic E-state index is 0. The molecule has 6 nitrogen and oxygen atoms in total. The van der Waals surface area contributed by atoms with Crippen LogP contribution in [0.15, 0.2) is 12.2 Å². The third kappa shape index (κ3) is 9.97. The summed E-state index contributed by atoms with van der Waals surface area (Å²) in [5.41, 5.74) is 0.127. The molecule has 0 rings (SSSR count). The van der Waals surface area contributed by atoms with E-state index in [1.807, 2.05) is 0 Å². The number of carbonyl (C=O) groups is 1. The van der Waals surface area contributed by atoms with Gasteiger partial charge in [-0.2, -0.15) is 0 Å². The third-order valence-electron chi connectivity index (χ3n) is 1.15. The normalized spacial score (nSPS) is 12.5. The maximum absolute atomic E-state index is 10.8. The van der Waals surface area contributed by atoms with Gasteiger partial charge in [-0.25, -0.2) is 13.2 Å². The van der Waals surface area contributed by atoms with Gasteiger partial charge in [0.2, 0.25) is 0 Å². The molecule has 0 aliphatic heterocycles. The largest absolute Gasteiger partial charge is 1.00 e. The number of hydrogen-bond acceptors (Lipinski definition) is 6. The number of hydrogen-bond donors (Lipinski definition) is 1. The summed E-state index contributed by atoms with van der Waals surface area (Å²) < 4.78 is 34.9. The van der Waals surface area contributed by atoms with Gasteiger partial charge in [0.25, 0.3) is 0 Å². The minimum Gasteiger partial charge on any atom is -0.748 e. The summed E-state index contributed by atoms with van der Waals surface area (Å²) >= 11 is 0. The Morgan fingerprint density at radius 1 is 1.60 bits per heavy atom. The molecule has 0 amide bonds. The summed E-state index contributed by atoms with van der Waals surface area (Å²) in [6, 6.07) is 0. The van der Waals surface area contributed by atoms with Crippen LogP contribution in [0.5, 0.6) is 0 Å². The van der Waals surface area contributed by atoms with E-state index < -0.39 is 34.6 Å². The second-order valence-corrected chi connectivity index (χ2v) is 4.21. The Balaban J connectivity index is 0. The van der Waals surface area contributed by atoms with E-state index in [1.54, 1.807) is 0 Å². The molecule has 82 valence electrons. The average molecular weight is 230 g/mol. The smallest absolute Gasteiger partial charge is 0.748 e. The molecule has 0 bridgehead atoms. The van der Waals surface area contributed by atoms with Gasteiger partial charge in [-0.3, -0.25) is 0 Å². The van der Waals surface area contributed by atoms with Crippen LogP contribution in [0.3, 0.4) is 0 Å². The van der Waals surface area contributed by atoms with Gasteiger partial charge in [0.05, 0.1) is 15.9 Å². The predicted molar refractivity (Wildman–Crippen MR) is 46.3 cm³/mol. The molecule has 15 heavy (non-hydrogen) atoms. The van der Waals surface area contributed by atoms with Gasteiger partial charge in [0, 0.05) is 5.57 Å². The van der Waals surface area contributed by atoms with Gasteiger partial charge in [-0.05, 0) is 6.92 Å². The van der Waals surface area contributed by atoms with Crippen LogP contribution in [0.1, 0.15) is 6.92 Å². The van der Waals surface area contributed by atoms with Crippen LogP contribution in [-0.2, 0) is 19.6 Å². The van der Waals surface area contributed by atoms with E-state index in [0.717, 1.165) is 0 Å². The monoisotopic (exact) mass is 230 g/mol. The number of carbonyl (C=O) groups excluding carboxylic acids is 1. The van der Waals surface area contributed by atoms with Gasteiger partial charge in [0.15, 0.2) is 0 Å². The summed E-state index contributed by atoms with van der Waals surface area (Å²) in [5, 5.41) is 8.93. The molecule has 0 aromatic rings. The third-order valence-corrected chi connectivity index (χ3v) is 1.94. The molecule has 1 N–H and O–H groups in total. The maximum Gasteiger partial charge on any atom is 1.00 e. The van der Waals surface area contributed by atoms with E-state index in [2.05, 4.69) is 11.3 Å². The first-order chi connectivity index (χ1) is 6.22. The molecule has 8 heteroatoms. The number of aliphatic hydroxyl groups is 1. The Morgan fingerprint density at radius 3 is 2.40 bits per heavy atom. The van der Waals surface area contributed by atoms with Crippen LogP contribution >= 0.6 is 0 Å². The number of esters is 1. The van der Waals surface area contributed by atoms with E-state index >= 15 is 0 Å². The number of aliphatic hydroxyl groups excluding tert-OH is 1. The van der Waals surface area contributed by atoms with Crippen molar-refractivity contribution >= 4 is 16.1 Å². The quantitative estimate of drug-likeness (QED) is 0.223. The van der Waals surface area contributed by atoms with Gasteiger partial charge >= 0.3 is 24.8 Å². The summed E-state index contributed by atoms with van der Waals surface area (Å²) in [5.74, 6) is -1.72. The summed E-state index contributed by atoms with van der Waals surface area (Å²) in [4.78, 5) is 10.8. The summed E-state index contributed by atoms with van der Waals surface area (Å²) in [6.07, 6.45) is -1.50. The van der Waals surface area contributed by atoms with E-state index in [1.165, 1.54) is 6.92 Å². The standard InChI is InChI=1S/C7H12O6S.Li/c1-5(2)7(9)13-3-6(8)4-14(10,11)12;/h6,8H,1,3-4H2,2H3,(H,10,11,12);/q;+1/p-1. The van der Waals surface area contributed by atoms with E-state index in [9.17, 15) is 17.8 Å². The molecule has 0 radical (unpaired) electrons. The Bertz CT molecular complexity index is 322. The zero-order valence-corrected chi connectivity index (χ0v) is 9.41. The van der Waals surface area contributed by atoms with Crippen LogP contribution in [0, 0.1) is 0 Å².